The maximum absolute atomic E-state index is 14.0. The van der Waals surface area contributed by atoms with Gasteiger partial charge in [-0.25, -0.2) is 0 Å². The lowest BCUT2D eigenvalue weighted by Gasteiger charge is -2.21. The second-order valence-corrected chi connectivity index (χ2v) is 8.67. The molecule has 0 N–H and O–H groups in total. The molecule has 0 saturated carbocycles. The predicted molar refractivity (Wildman–Crippen MR) is 137 cm³/mol. The molecular formula is C27H23ClN4O2. The van der Waals surface area contributed by atoms with Crippen LogP contribution in [0, 0.1) is 6.92 Å². The minimum absolute atomic E-state index is 0.216. The molecule has 0 aliphatic carbocycles. The van der Waals surface area contributed by atoms with Crippen LogP contribution in [0.2, 0.25) is 5.02 Å². The zero-order valence-electron chi connectivity index (χ0n) is 19.1. The molecule has 2 aromatic heterocycles. The van der Waals surface area contributed by atoms with Gasteiger partial charge in [0, 0.05) is 40.6 Å². The summed E-state index contributed by atoms with van der Waals surface area (Å²) in [6, 6.07) is 22.3. The van der Waals surface area contributed by atoms with Gasteiger partial charge in [-0.1, -0.05) is 53.6 Å². The van der Waals surface area contributed by atoms with Gasteiger partial charge < -0.3 is 9.47 Å². The molecule has 6 nitrogen and oxygen atoms in total. The topological polar surface area (TPSA) is 60.1 Å². The molecule has 0 aliphatic rings. The number of hydrogen-bond donors (Lipinski definition) is 0. The van der Waals surface area contributed by atoms with Crippen molar-refractivity contribution >= 4 is 45.0 Å². The number of benzene rings is 3. The van der Waals surface area contributed by atoms with E-state index in [-0.39, 0.29) is 17.2 Å². The number of aryl methyl sites for hydroxylation is 2. The number of para-hydroxylation sites is 1. The fourth-order valence-corrected chi connectivity index (χ4v) is 4.59. The fourth-order valence-electron chi connectivity index (χ4n) is 4.41. The van der Waals surface area contributed by atoms with E-state index in [4.69, 9.17) is 11.6 Å². The maximum atomic E-state index is 14.0. The van der Waals surface area contributed by atoms with Crippen molar-refractivity contribution in [3.05, 3.63) is 99.4 Å². The highest BCUT2D eigenvalue weighted by molar-refractivity contribution is 6.31. The fraction of sp³-hybridized carbons (Fsp3) is 0.148. The van der Waals surface area contributed by atoms with Gasteiger partial charge in [0.05, 0.1) is 5.69 Å². The Morgan fingerprint density at radius 2 is 1.76 bits per heavy atom. The first kappa shape index (κ1) is 21.9. The van der Waals surface area contributed by atoms with Crippen molar-refractivity contribution in [3.63, 3.8) is 0 Å². The van der Waals surface area contributed by atoms with Crippen LogP contribution < -0.4 is 10.5 Å². The zero-order valence-corrected chi connectivity index (χ0v) is 19.9. The number of amides is 1. The van der Waals surface area contributed by atoms with Crippen LogP contribution in [0.3, 0.4) is 0 Å². The molecule has 0 radical (unpaired) electrons. The second kappa shape index (κ2) is 8.47. The van der Waals surface area contributed by atoms with E-state index in [2.05, 4.69) is 5.10 Å². The van der Waals surface area contributed by atoms with E-state index in [0.717, 1.165) is 16.5 Å². The van der Waals surface area contributed by atoms with Crippen molar-refractivity contribution in [3.8, 4) is 5.69 Å². The van der Waals surface area contributed by atoms with Gasteiger partial charge in [0.25, 0.3) is 11.5 Å². The van der Waals surface area contributed by atoms with Crippen molar-refractivity contribution in [1.29, 1.82) is 0 Å². The molecule has 0 fully saturated rings. The van der Waals surface area contributed by atoms with Crippen molar-refractivity contribution in [2.45, 2.75) is 13.8 Å². The van der Waals surface area contributed by atoms with Gasteiger partial charge in [-0.15, -0.1) is 0 Å². The van der Waals surface area contributed by atoms with Gasteiger partial charge in [0.1, 0.15) is 5.52 Å². The molecular weight excluding hydrogens is 448 g/mol. The monoisotopic (exact) mass is 470 g/mol. The number of carbonyl (C=O) groups excluding carboxylic acids is 1. The Hall–Kier alpha value is -3.90. The molecule has 0 unspecified atom stereocenters. The standard InChI is InChI=1S/C27H23ClN4O2/c1-4-31(20-9-7-8-18(28)16-20)26(33)24-23-21-10-5-6-11-22(21)30(3)25(23)27(34)32(29-24)19-14-12-17(2)13-15-19/h5-16H,4H2,1-3H3. The van der Waals surface area contributed by atoms with Gasteiger partial charge in [-0.3, -0.25) is 9.59 Å². The summed E-state index contributed by atoms with van der Waals surface area (Å²) < 4.78 is 3.16. The van der Waals surface area contributed by atoms with Crippen molar-refractivity contribution in [2.24, 2.45) is 7.05 Å². The Balaban J connectivity index is 1.85. The quantitative estimate of drug-likeness (QED) is 0.348. The molecule has 0 atom stereocenters. The van der Waals surface area contributed by atoms with Gasteiger partial charge in [0.15, 0.2) is 5.69 Å². The molecule has 3 aromatic carbocycles. The van der Waals surface area contributed by atoms with E-state index in [9.17, 15) is 9.59 Å². The molecule has 5 rings (SSSR count). The Kier molecular flexibility index (Phi) is 5.46. The number of halogens is 1. The first-order chi connectivity index (χ1) is 16.4. The Labute approximate surface area is 201 Å². The minimum Gasteiger partial charge on any atom is -0.339 e. The third-order valence-electron chi connectivity index (χ3n) is 6.10. The average molecular weight is 471 g/mol. The summed E-state index contributed by atoms with van der Waals surface area (Å²) in [6.07, 6.45) is 0. The number of hydrogen-bond acceptors (Lipinski definition) is 3. The molecule has 0 saturated heterocycles. The molecule has 170 valence electrons. The highest BCUT2D eigenvalue weighted by Gasteiger charge is 2.27. The number of anilines is 1. The Morgan fingerprint density at radius 1 is 1.03 bits per heavy atom. The molecule has 34 heavy (non-hydrogen) atoms. The summed E-state index contributed by atoms with van der Waals surface area (Å²) in [5.74, 6) is -0.299. The highest BCUT2D eigenvalue weighted by atomic mass is 35.5. The van der Waals surface area contributed by atoms with Gasteiger partial charge in [-0.2, -0.15) is 9.78 Å². The lowest BCUT2D eigenvalue weighted by atomic mass is 10.1. The summed E-state index contributed by atoms with van der Waals surface area (Å²) in [4.78, 5) is 29.3. The minimum atomic E-state index is -0.299. The van der Waals surface area contributed by atoms with E-state index in [1.165, 1.54) is 4.68 Å². The lowest BCUT2D eigenvalue weighted by molar-refractivity contribution is 0.0983. The third kappa shape index (κ3) is 3.47. The van der Waals surface area contributed by atoms with Crippen LogP contribution in [0.1, 0.15) is 23.0 Å². The zero-order chi connectivity index (χ0) is 24.0. The van der Waals surface area contributed by atoms with Crippen LogP contribution in [0.15, 0.2) is 77.6 Å². The van der Waals surface area contributed by atoms with Crippen LogP contribution in [-0.2, 0) is 7.05 Å². The Morgan fingerprint density at radius 3 is 2.47 bits per heavy atom. The first-order valence-electron chi connectivity index (χ1n) is 11.1. The Bertz CT molecular complexity index is 1620. The van der Waals surface area contributed by atoms with E-state index >= 15 is 0 Å². The van der Waals surface area contributed by atoms with Crippen LogP contribution in [0.5, 0.6) is 0 Å². The van der Waals surface area contributed by atoms with Crippen LogP contribution in [0.25, 0.3) is 27.5 Å². The molecule has 5 aromatic rings. The van der Waals surface area contributed by atoms with E-state index in [0.29, 0.717) is 33.8 Å². The van der Waals surface area contributed by atoms with Gasteiger partial charge in [0.2, 0.25) is 0 Å². The maximum Gasteiger partial charge on any atom is 0.296 e. The summed E-state index contributed by atoms with van der Waals surface area (Å²) in [5.41, 5.74) is 3.57. The molecule has 0 aliphatic heterocycles. The summed E-state index contributed by atoms with van der Waals surface area (Å²) in [7, 11) is 1.84. The number of rotatable bonds is 4. The number of nitrogens with zero attached hydrogens (tertiary/aromatic N) is 4. The van der Waals surface area contributed by atoms with E-state index < -0.39 is 0 Å². The molecule has 2 heterocycles. The summed E-state index contributed by atoms with van der Waals surface area (Å²) in [6.45, 7) is 4.29. The normalized spacial score (nSPS) is 11.3. The average Bonchev–Trinajstić information content (AvgIpc) is 3.14. The molecule has 1 amide bonds. The van der Waals surface area contributed by atoms with Crippen molar-refractivity contribution < 1.29 is 4.79 Å². The van der Waals surface area contributed by atoms with Gasteiger partial charge in [-0.05, 0) is 50.2 Å². The molecule has 7 heteroatoms. The van der Waals surface area contributed by atoms with Crippen molar-refractivity contribution in [2.75, 3.05) is 11.4 Å². The lowest BCUT2D eigenvalue weighted by Crippen LogP contribution is -2.34. The molecule has 0 spiro atoms. The molecule has 0 bridgehead atoms. The smallest absolute Gasteiger partial charge is 0.296 e. The predicted octanol–water partition coefficient (Wildman–Crippen LogP) is 5.51. The van der Waals surface area contributed by atoms with E-state index in [1.807, 2.05) is 86.1 Å². The number of fused-ring (bicyclic) bond motifs is 3. The van der Waals surface area contributed by atoms with Gasteiger partial charge >= 0.3 is 0 Å². The SMILES string of the molecule is CCN(C(=O)c1nn(-c2ccc(C)cc2)c(=O)c2c1c1ccccc1n2C)c1cccc(Cl)c1. The first-order valence-corrected chi connectivity index (χ1v) is 11.4. The van der Waals surface area contributed by atoms with Crippen LogP contribution in [-0.4, -0.2) is 26.8 Å². The highest BCUT2D eigenvalue weighted by Crippen LogP contribution is 2.30. The second-order valence-electron chi connectivity index (χ2n) is 8.23. The van der Waals surface area contributed by atoms with Crippen LogP contribution in [0.4, 0.5) is 5.69 Å². The van der Waals surface area contributed by atoms with E-state index in [1.54, 1.807) is 17.0 Å². The summed E-state index contributed by atoms with van der Waals surface area (Å²) >= 11 is 6.21. The van der Waals surface area contributed by atoms with Crippen LogP contribution >= 0.6 is 11.6 Å². The number of aromatic nitrogens is 3. The summed E-state index contributed by atoms with van der Waals surface area (Å²) in [5, 5.41) is 6.55. The largest absolute Gasteiger partial charge is 0.339 e. The third-order valence-corrected chi connectivity index (χ3v) is 6.34. The number of carbonyl (C=O) groups is 1. The van der Waals surface area contributed by atoms with Crippen molar-refractivity contribution in [1.82, 2.24) is 14.3 Å².